The normalized spacial score (nSPS) is 12.4. The number of benzene rings is 1. The molecule has 7 nitrogen and oxygen atoms in total. The van der Waals surface area contributed by atoms with Crippen LogP contribution in [0, 0.1) is 0 Å². The van der Waals surface area contributed by atoms with Gasteiger partial charge in [-0.15, -0.1) is 0 Å². The highest BCUT2D eigenvalue weighted by Gasteiger charge is 2.25. The van der Waals surface area contributed by atoms with E-state index in [1.54, 1.807) is 6.33 Å². The van der Waals surface area contributed by atoms with Gasteiger partial charge in [0.2, 0.25) is 0 Å². The lowest BCUT2D eigenvalue weighted by atomic mass is 10.1. The maximum Gasteiger partial charge on any atom is 0.177 e. The minimum absolute atomic E-state index is 0.111. The Morgan fingerprint density at radius 3 is 2.48 bits per heavy atom. The smallest absolute Gasteiger partial charge is 0.177 e. The van der Waals surface area contributed by atoms with Crippen molar-refractivity contribution in [3.63, 3.8) is 0 Å². The first-order valence-corrected chi connectivity index (χ1v) is 9.22. The average molecular weight is 361 g/mol. The Balaban J connectivity index is 1.95. The fourth-order valence-corrected chi connectivity index (χ4v) is 3.56. The molecule has 0 saturated carbocycles. The highest BCUT2D eigenvalue weighted by Crippen LogP contribution is 2.34. The second-order valence-corrected chi connectivity index (χ2v) is 6.42. The molecule has 3 aromatic heterocycles. The van der Waals surface area contributed by atoms with E-state index in [1.807, 2.05) is 47.1 Å². The van der Waals surface area contributed by atoms with Crippen LogP contribution in [0.4, 0.5) is 0 Å². The number of aromatic nitrogens is 7. The van der Waals surface area contributed by atoms with Gasteiger partial charge in [0.05, 0.1) is 23.8 Å². The Hall–Kier alpha value is -3.22. The van der Waals surface area contributed by atoms with Crippen molar-refractivity contribution in [2.24, 2.45) is 7.05 Å². The van der Waals surface area contributed by atoms with Gasteiger partial charge in [0.15, 0.2) is 5.82 Å². The van der Waals surface area contributed by atoms with Crippen LogP contribution >= 0.6 is 0 Å². The quantitative estimate of drug-likeness (QED) is 0.527. The Kier molecular flexibility index (Phi) is 4.58. The molecule has 0 amide bonds. The van der Waals surface area contributed by atoms with Gasteiger partial charge >= 0.3 is 0 Å². The van der Waals surface area contributed by atoms with E-state index in [0.29, 0.717) is 0 Å². The van der Waals surface area contributed by atoms with E-state index in [4.69, 9.17) is 4.98 Å². The molecule has 138 valence electrons. The molecule has 0 N–H and O–H groups in total. The van der Waals surface area contributed by atoms with Crippen LogP contribution in [0.3, 0.4) is 0 Å². The van der Waals surface area contributed by atoms with Gasteiger partial charge in [0, 0.05) is 25.4 Å². The van der Waals surface area contributed by atoms with E-state index >= 15 is 0 Å². The van der Waals surface area contributed by atoms with Crippen LogP contribution in [0.1, 0.15) is 32.0 Å². The number of hydrogen-bond acceptors (Lipinski definition) is 4. The summed E-state index contributed by atoms with van der Waals surface area (Å²) in [5.41, 5.74) is 4.10. The third-order valence-electron chi connectivity index (χ3n) is 4.89. The van der Waals surface area contributed by atoms with E-state index in [2.05, 4.69) is 51.8 Å². The molecule has 0 radical (unpaired) electrons. The van der Waals surface area contributed by atoms with Crippen LogP contribution in [-0.2, 0) is 13.6 Å². The largest absolute Gasteiger partial charge is 0.318 e. The van der Waals surface area contributed by atoms with Gasteiger partial charge in [-0.25, -0.2) is 14.6 Å². The first kappa shape index (κ1) is 17.2. The summed E-state index contributed by atoms with van der Waals surface area (Å²) in [6.07, 6.45) is 6.27. The van der Waals surface area contributed by atoms with Gasteiger partial charge in [-0.1, -0.05) is 37.3 Å². The third-order valence-corrected chi connectivity index (χ3v) is 4.89. The summed E-state index contributed by atoms with van der Waals surface area (Å²) in [4.78, 5) is 9.34. The Morgan fingerprint density at radius 1 is 1.00 bits per heavy atom. The molecule has 0 aliphatic rings. The molecule has 27 heavy (non-hydrogen) atoms. The number of rotatable bonds is 6. The minimum atomic E-state index is 0.111. The van der Waals surface area contributed by atoms with Gasteiger partial charge in [-0.3, -0.25) is 4.68 Å². The number of nitrogens with zero attached hydrogens (tertiary/aromatic N) is 7. The zero-order chi connectivity index (χ0) is 18.8. The number of aryl methyl sites for hydroxylation is 2. The third kappa shape index (κ3) is 2.95. The molecule has 1 atom stereocenters. The van der Waals surface area contributed by atoms with E-state index in [9.17, 15) is 0 Å². The molecular weight excluding hydrogens is 338 g/mol. The number of hydrogen-bond donors (Lipinski definition) is 0. The summed E-state index contributed by atoms with van der Waals surface area (Å²) >= 11 is 0. The topological polar surface area (TPSA) is 66.3 Å². The fraction of sp³-hybridized carbons (Fsp3) is 0.300. The van der Waals surface area contributed by atoms with Gasteiger partial charge < -0.3 is 4.57 Å². The summed E-state index contributed by atoms with van der Waals surface area (Å²) in [6, 6.07) is 12.4. The predicted molar refractivity (Wildman–Crippen MR) is 104 cm³/mol. The van der Waals surface area contributed by atoms with Crippen molar-refractivity contribution < 1.29 is 0 Å². The van der Waals surface area contributed by atoms with E-state index in [-0.39, 0.29) is 6.04 Å². The van der Waals surface area contributed by atoms with Crippen molar-refractivity contribution in [1.29, 1.82) is 0 Å². The zero-order valence-corrected chi connectivity index (χ0v) is 15.8. The summed E-state index contributed by atoms with van der Waals surface area (Å²) in [6.45, 7) is 4.99. The standard InChI is InChI=1S/C20H23N7/c1-4-16(17-11-12-23-25(17)3)26-14-22-18(15-9-7-6-8-10-15)19(26)20-21-13-24-27(20)5-2/h6-14,16H,4-5H2,1-3H3. The summed E-state index contributed by atoms with van der Waals surface area (Å²) in [7, 11) is 1.97. The highest BCUT2D eigenvalue weighted by atomic mass is 15.3. The highest BCUT2D eigenvalue weighted by molar-refractivity contribution is 5.75. The maximum atomic E-state index is 4.78. The summed E-state index contributed by atoms with van der Waals surface area (Å²) in [5, 5.41) is 8.73. The van der Waals surface area contributed by atoms with Crippen molar-refractivity contribution in [2.45, 2.75) is 32.9 Å². The van der Waals surface area contributed by atoms with E-state index in [1.165, 1.54) is 0 Å². The van der Waals surface area contributed by atoms with Crippen LogP contribution < -0.4 is 0 Å². The van der Waals surface area contributed by atoms with Gasteiger partial charge in [-0.05, 0) is 19.4 Å². The van der Waals surface area contributed by atoms with Crippen LogP contribution in [0.25, 0.3) is 22.8 Å². The molecule has 0 saturated heterocycles. The predicted octanol–water partition coefficient (Wildman–Crippen LogP) is 3.56. The van der Waals surface area contributed by atoms with Crippen molar-refractivity contribution in [1.82, 2.24) is 34.1 Å². The lowest BCUT2D eigenvalue weighted by Gasteiger charge is -2.20. The second-order valence-electron chi connectivity index (χ2n) is 6.42. The van der Waals surface area contributed by atoms with Crippen LogP contribution in [0.5, 0.6) is 0 Å². The molecular formula is C20H23N7. The monoisotopic (exact) mass is 361 g/mol. The Labute approximate surface area is 158 Å². The molecule has 7 heteroatoms. The van der Waals surface area contributed by atoms with E-state index < -0.39 is 0 Å². The lowest BCUT2D eigenvalue weighted by Crippen LogP contribution is -2.15. The molecule has 4 aromatic rings. The van der Waals surface area contributed by atoms with Gasteiger partial charge in [0.25, 0.3) is 0 Å². The summed E-state index contributed by atoms with van der Waals surface area (Å²) in [5.74, 6) is 0.828. The van der Waals surface area contributed by atoms with Crippen LogP contribution in [0.15, 0.2) is 55.2 Å². The Bertz CT molecular complexity index is 1030. The van der Waals surface area contributed by atoms with Gasteiger partial charge in [0.1, 0.15) is 12.0 Å². The molecule has 0 bridgehead atoms. The van der Waals surface area contributed by atoms with Crippen molar-refractivity contribution in [3.05, 3.63) is 60.9 Å². The lowest BCUT2D eigenvalue weighted by molar-refractivity contribution is 0.519. The van der Waals surface area contributed by atoms with Crippen molar-refractivity contribution in [2.75, 3.05) is 0 Å². The summed E-state index contributed by atoms with van der Waals surface area (Å²) < 4.78 is 6.04. The first-order chi connectivity index (χ1) is 13.2. The minimum Gasteiger partial charge on any atom is -0.318 e. The molecule has 0 fully saturated rings. The van der Waals surface area contributed by atoms with Crippen LogP contribution in [0.2, 0.25) is 0 Å². The fourth-order valence-electron chi connectivity index (χ4n) is 3.56. The molecule has 1 aromatic carbocycles. The van der Waals surface area contributed by atoms with Crippen LogP contribution in [-0.4, -0.2) is 34.1 Å². The maximum absolute atomic E-state index is 4.78. The SMILES string of the molecule is CCC(c1ccnn1C)n1cnc(-c2ccccc2)c1-c1ncnn1CC. The second kappa shape index (κ2) is 7.19. The van der Waals surface area contributed by atoms with Crippen molar-refractivity contribution >= 4 is 0 Å². The molecule has 0 spiro atoms. The number of imidazole rings is 1. The molecule has 1 unspecified atom stereocenters. The first-order valence-electron chi connectivity index (χ1n) is 9.22. The van der Waals surface area contributed by atoms with E-state index in [0.717, 1.165) is 41.4 Å². The van der Waals surface area contributed by atoms with Crippen molar-refractivity contribution in [3.8, 4) is 22.8 Å². The molecule has 0 aliphatic heterocycles. The zero-order valence-electron chi connectivity index (χ0n) is 15.8. The Morgan fingerprint density at radius 2 is 1.81 bits per heavy atom. The molecule has 3 heterocycles. The molecule has 4 rings (SSSR count). The average Bonchev–Trinajstić information content (AvgIpc) is 3.43. The molecule has 0 aliphatic carbocycles. The van der Waals surface area contributed by atoms with Gasteiger partial charge in [-0.2, -0.15) is 10.2 Å².